The molecule has 1 aliphatic heterocycles. The van der Waals surface area contributed by atoms with Crippen LogP contribution in [0.1, 0.15) is 44.7 Å². The third-order valence-electron chi connectivity index (χ3n) is 6.91. The van der Waals surface area contributed by atoms with Gasteiger partial charge in [0.2, 0.25) is 11.8 Å². The summed E-state index contributed by atoms with van der Waals surface area (Å²) < 4.78 is 17.8. The van der Waals surface area contributed by atoms with Gasteiger partial charge in [0.25, 0.3) is 0 Å². The van der Waals surface area contributed by atoms with E-state index in [0.717, 1.165) is 54.0 Å². The highest BCUT2D eigenvalue weighted by Crippen LogP contribution is 2.32. The van der Waals surface area contributed by atoms with Crippen molar-refractivity contribution in [3.63, 3.8) is 0 Å². The summed E-state index contributed by atoms with van der Waals surface area (Å²) in [5, 5.41) is 0. The van der Waals surface area contributed by atoms with Crippen LogP contribution in [0.2, 0.25) is 0 Å². The molecular formula is C34H37N3O4. The van der Waals surface area contributed by atoms with Crippen LogP contribution in [-0.2, 0) is 22.7 Å². The predicted octanol–water partition coefficient (Wildman–Crippen LogP) is 6.86. The van der Waals surface area contributed by atoms with Gasteiger partial charge in [-0.3, -0.25) is 9.78 Å². The van der Waals surface area contributed by atoms with Crippen LogP contribution in [0.15, 0.2) is 91.1 Å². The summed E-state index contributed by atoms with van der Waals surface area (Å²) in [5.74, 6) is 0.802. The summed E-state index contributed by atoms with van der Waals surface area (Å²) in [4.78, 5) is 24.2. The van der Waals surface area contributed by atoms with Crippen molar-refractivity contribution in [3.05, 3.63) is 102 Å². The molecule has 7 nitrogen and oxygen atoms in total. The van der Waals surface area contributed by atoms with Gasteiger partial charge in [0.1, 0.15) is 18.8 Å². The largest absolute Gasteiger partial charge is 0.473 e. The van der Waals surface area contributed by atoms with E-state index in [9.17, 15) is 4.79 Å². The molecule has 7 heteroatoms. The Morgan fingerprint density at radius 1 is 0.829 bits per heavy atom. The van der Waals surface area contributed by atoms with Crippen molar-refractivity contribution in [1.82, 2.24) is 9.97 Å². The fourth-order valence-corrected chi connectivity index (χ4v) is 4.76. The summed E-state index contributed by atoms with van der Waals surface area (Å²) in [5.41, 5.74) is 4.25. The topological polar surface area (TPSA) is 73.8 Å². The van der Waals surface area contributed by atoms with E-state index >= 15 is 0 Å². The third kappa shape index (κ3) is 7.84. The summed E-state index contributed by atoms with van der Waals surface area (Å²) in [6.07, 6.45) is 3.41. The number of esters is 1. The van der Waals surface area contributed by atoms with E-state index in [0.29, 0.717) is 25.0 Å². The Morgan fingerprint density at radius 3 is 2.05 bits per heavy atom. The van der Waals surface area contributed by atoms with Crippen LogP contribution in [0.3, 0.4) is 0 Å². The van der Waals surface area contributed by atoms with E-state index < -0.39 is 5.60 Å². The molecule has 41 heavy (non-hydrogen) atoms. The van der Waals surface area contributed by atoms with Crippen LogP contribution in [-0.4, -0.2) is 34.6 Å². The Bertz CT molecular complexity index is 1410. The van der Waals surface area contributed by atoms with Gasteiger partial charge in [0, 0.05) is 19.2 Å². The number of hydrogen-bond acceptors (Lipinski definition) is 7. The van der Waals surface area contributed by atoms with Crippen molar-refractivity contribution < 1.29 is 19.0 Å². The first-order valence-corrected chi connectivity index (χ1v) is 14.1. The van der Waals surface area contributed by atoms with Crippen LogP contribution < -0.4 is 14.4 Å². The smallest absolute Gasteiger partial charge is 0.309 e. The molecule has 0 radical (unpaired) electrons. The van der Waals surface area contributed by atoms with Crippen LogP contribution in [0.4, 0.5) is 5.69 Å². The number of ether oxygens (including phenoxy) is 3. The maximum atomic E-state index is 12.5. The summed E-state index contributed by atoms with van der Waals surface area (Å²) in [6, 6.07) is 27.9. The fourth-order valence-electron chi connectivity index (χ4n) is 4.76. The highest BCUT2D eigenvalue weighted by molar-refractivity contribution is 5.73. The zero-order chi connectivity index (χ0) is 28.7. The number of anilines is 1. The lowest BCUT2D eigenvalue weighted by Gasteiger charge is -2.33. The Hall–Kier alpha value is -4.39. The van der Waals surface area contributed by atoms with Gasteiger partial charge < -0.3 is 19.1 Å². The maximum Gasteiger partial charge on any atom is 0.309 e. The maximum absolute atomic E-state index is 12.5. The van der Waals surface area contributed by atoms with E-state index in [1.54, 1.807) is 0 Å². The van der Waals surface area contributed by atoms with Crippen molar-refractivity contribution in [3.8, 4) is 23.0 Å². The molecule has 2 aromatic carbocycles. The second-order valence-electron chi connectivity index (χ2n) is 11.2. The third-order valence-corrected chi connectivity index (χ3v) is 6.91. The molecule has 0 aliphatic carbocycles. The van der Waals surface area contributed by atoms with Crippen molar-refractivity contribution >= 4 is 11.7 Å². The van der Waals surface area contributed by atoms with Gasteiger partial charge in [-0.05, 0) is 62.9 Å². The van der Waals surface area contributed by atoms with Crippen LogP contribution in [0, 0.1) is 5.92 Å². The number of hydrogen-bond donors (Lipinski definition) is 0. The molecule has 0 unspecified atom stereocenters. The van der Waals surface area contributed by atoms with E-state index in [2.05, 4.69) is 11.0 Å². The minimum Gasteiger partial charge on any atom is -0.473 e. The molecule has 3 heterocycles. The van der Waals surface area contributed by atoms with Gasteiger partial charge in [-0.2, -0.15) is 4.98 Å². The lowest BCUT2D eigenvalue weighted by atomic mass is 9.96. The van der Waals surface area contributed by atoms with Crippen molar-refractivity contribution in [2.75, 3.05) is 18.0 Å². The first-order valence-electron chi connectivity index (χ1n) is 14.1. The second-order valence-corrected chi connectivity index (χ2v) is 11.2. The number of aromatic nitrogens is 2. The second kappa shape index (κ2) is 12.9. The fraction of sp³-hybridized carbons (Fsp3) is 0.324. The molecule has 212 valence electrons. The molecule has 0 saturated carbocycles. The molecular weight excluding hydrogens is 514 g/mol. The molecule has 0 bridgehead atoms. The molecule has 5 rings (SSSR count). The summed E-state index contributed by atoms with van der Waals surface area (Å²) in [6.45, 7) is 8.10. The number of rotatable bonds is 9. The van der Waals surface area contributed by atoms with Crippen molar-refractivity contribution in [2.45, 2.75) is 52.4 Å². The van der Waals surface area contributed by atoms with E-state index in [1.165, 1.54) is 0 Å². The highest BCUT2D eigenvalue weighted by atomic mass is 16.6. The highest BCUT2D eigenvalue weighted by Gasteiger charge is 2.29. The van der Waals surface area contributed by atoms with Gasteiger partial charge >= 0.3 is 5.97 Å². The molecule has 0 atom stereocenters. The number of carbonyl (C=O) groups excluding carboxylic acids is 1. The van der Waals surface area contributed by atoms with Gasteiger partial charge in [0.15, 0.2) is 0 Å². The molecule has 0 N–H and O–H groups in total. The van der Waals surface area contributed by atoms with E-state index in [4.69, 9.17) is 24.2 Å². The van der Waals surface area contributed by atoms with Gasteiger partial charge in [-0.1, -0.05) is 60.7 Å². The number of piperidine rings is 1. The number of nitrogens with zero attached hydrogens (tertiary/aromatic N) is 3. The predicted molar refractivity (Wildman–Crippen MR) is 160 cm³/mol. The van der Waals surface area contributed by atoms with Crippen LogP contribution in [0.25, 0.3) is 11.3 Å². The monoisotopic (exact) mass is 551 g/mol. The lowest BCUT2D eigenvalue weighted by molar-refractivity contribution is -0.160. The Balaban J connectivity index is 1.29. The molecule has 2 aromatic heterocycles. The van der Waals surface area contributed by atoms with Gasteiger partial charge in [-0.15, -0.1) is 0 Å². The summed E-state index contributed by atoms with van der Waals surface area (Å²) >= 11 is 0. The quantitative estimate of drug-likeness (QED) is 0.210. The zero-order valence-corrected chi connectivity index (χ0v) is 24.0. The van der Waals surface area contributed by atoms with E-state index in [1.807, 2.05) is 106 Å². The normalized spacial score (nSPS) is 14.0. The van der Waals surface area contributed by atoms with Crippen LogP contribution in [0.5, 0.6) is 11.8 Å². The Labute approximate surface area is 242 Å². The zero-order valence-electron chi connectivity index (χ0n) is 24.0. The minimum atomic E-state index is -0.460. The summed E-state index contributed by atoms with van der Waals surface area (Å²) in [7, 11) is 0. The molecule has 1 fully saturated rings. The molecule has 1 saturated heterocycles. The van der Waals surface area contributed by atoms with Crippen molar-refractivity contribution in [2.24, 2.45) is 5.92 Å². The Kier molecular flexibility index (Phi) is 8.82. The van der Waals surface area contributed by atoms with Gasteiger partial charge in [-0.25, -0.2) is 0 Å². The standard InChI is InChI=1S/C34H37N3O4/c1-34(2,3)41-33(38)27-18-20-37(21-19-27)28-14-16-30(35-22-28)29-15-17-31(39-23-25-10-6-4-7-11-25)36-32(29)40-24-26-12-8-5-9-13-26/h4-17,22,27H,18-21,23-24H2,1-3H3. The van der Waals surface area contributed by atoms with Crippen LogP contribution >= 0.6 is 0 Å². The van der Waals surface area contributed by atoms with E-state index in [-0.39, 0.29) is 11.9 Å². The molecule has 0 spiro atoms. The van der Waals surface area contributed by atoms with Gasteiger partial charge in [0.05, 0.1) is 29.1 Å². The number of carbonyl (C=O) groups is 1. The molecule has 4 aromatic rings. The minimum absolute atomic E-state index is 0.0595. The lowest BCUT2D eigenvalue weighted by Crippen LogP contribution is -2.38. The first kappa shape index (κ1) is 28.1. The average Bonchev–Trinajstić information content (AvgIpc) is 2.99. The Morgan fingerprint density at radius 2 is 1.46 bits per heavy atom. The average molecular weight is 552 g/mol. The number of pyridine rings is 2. The first-order chi connectivity index (χ1) is 19.8. The number of benzene rings is 2. The molecule has 1 aliphatic rings. The molecule has 0 amide bonds. The van der Waals surface area contributed by atoms with Crippen molar-refractivity contribution in [1.29, 1.82) is 0 Å². The SMILES string of the molecule is CC(C)(C)OC(=O)C1CCN(c2ccc(-c3ccc(OCc4ccccc4)nc3OCc3ccccc3)nc2)CC1.